The van der Waals surface area contributed by atoms with Crippen molar-refractivity contribution < 1.29 is 13.9 Å². The van der Waals surface area contributed by atoms with Crippen LogP contribution in [0.3, 0.4) is 0 Å². The van der Waals surface area contributed by atoms with E-state index in [-0.39, 0.29) is 6.42 Å². The number of rotatable bonds is 12. The molecule has 2 aromatic carbocycles. The van der Waals surface area contributed by atoms with E-state index >= 15 is 0 Å². The molecule has 3 aromatic rings. The van der Waals surface area contributed by atoms with Crippen LogP contribution >= 0.6 is 0 Å². The number of carbonyl (C=O) groups excluding carboxylic acids is 1. The molecule has 0 aliphatic carbocycles. The second kappa shape index (κ2) is 12.5. The molecule has 1 aromatic heterocycles. The van der Waals surface area contributed by atoms with Gasteiger partial charge < -0.3 is 4.74 Å². The Morgan fingerprint density at radius 3 is 2.21 bits per heavy atom. The van der Waals surface area contributed by atoms with Crippen molar-refractivity contribution in [3.8, 4) is 28.1 Å². The standard InChI is InChI=1S/C30H36FNO2/c1-4-6-8-12-23-15-20-28(32-22-23)27-14-10-9-13-26(27)24-16-18-25(19-17-24)34-29(33)30(3,31)21-11-7-5-2/h9-10,13-20,22H,4-8,11-12,21H2,1-3H3. The zero-order valence-corrected chi connectivity index (χ0v) is 20.6. The van der Waals surface area contributed by atoms with E-state index in [1.54, 1.807) is 12.1 Å². The number of ether oxygens (including phenoxy) is 1. The van der Waals surface area contributed by atoms with E-state index in [9.17, 15) is 9.18 Å². The van der Waals surface area contributed by atoms with Crippen LogP contribution in [0.25, 0.3) is 22.4 Å². The molecule has 1 unspecified atom stereocenters. The first-order chi connectivity index (χ1) is 16.4. The van der Waals surface area contributed by atoms with Gasteiger partial charge in [0.25, 0.3) is 0 Å². The van der Waals surface area contributed by atoms with Gasteiger partial charge in [-0.15, -0.1) is 0 Å². The van der Waals surface area contributed by atoms with Gasteiger partial charge >= 0.3 is 5.97 Å². The second-order valence-electron chi connectivity index (χ2n) is 9.12. The smallest absolute Gasteiger partial charge is 0.348 e. The second-order valence-corrected chi connectivity index (χ2v) is 9.12. The lowest BCUT2D eigenvalue weighted by molar-refractivity contribution is -0.147. The Kier molecular flexibility index (Phi) is 9.38. The van der Waals surface area contributed by atoms with E-state index in [1.165, 1.54) is 31.7 Å². The summed E-state index contributed by atoms with van der Waals surface area (Å²) in [5.41, 5.74) is 3.27. The first kappa shape index (κ1) is 25.6. The van der Waals surface area contributed by atoms with Crippen molar-refractivity contribution in [2.45, 2.75) is 77.8 Å². The zero-order valence-electron chi connectivity index (χ0n) is 20.6. The Morgan fingerprint density at radius 2 is 1.56 bits per heavy atom. The monoisotopic (exact) mass is 461 g/mol. The lowest BCUT2D eigenvalue weighted by Gasteiger charge is -2.18. The van der Waals surface area contributed by atoms with E-state index in [4.69, 9.17) is 9.72 Å². The van der Waals surface area contributed by atoms with Gasteiger partial charge in [-0.3, -0.25) is 4.98 Å². The molecular weight excluding hydrogens is 425 g/mol. The predicted octanol–water partition coefficient (Wildman–Crippen LogP) is 8.36. The number of esters is 1. The van der Waals surface area contributed by atoms with Crippen molar-refractivity contribution in [3.05, 3.63) is 72.4 Å². The summed E-state index contributed by atoms with van der Waals surface area (Å²) in [4.78, 5) is 17.0. The highest BCUT2D eigenvalue weighted by Crippen LogP contribution is 2.32. The molecular formula is C30H36FNO2. The van der Waals surface area contributed by atoms with Crippen LogP contribution in [-0.4, -0.2) is 16.6 Å². The number of unbranched alkanes of at least 4 members (excludes halogenated alkanes) is 4. The quantitative estimate of drug-likeness (QED) is 0.154. The first-order valence-electron chi connectivity index (χ1n) is 12.5. The van der Waals surface area contributed by atoms with Crippen LogP contribution < -0.4 is 4.74 Å². The summed E-state index contributed by atoms with van der Waals surface area (Å²) >= 11 is 0. The molecule has 0 spiro atoms. The molecule has 34 heavy (non-hydrogen) atoms. The number of benzene rings is 2. The Labute approximate surface area is 203 Å². The Balaban J connectivity index is 1.72. The number of hydrogen-bond donors (Lipinski definition) is 0. The molecule has 0 saturated heterocycles. The summed E-state index contributed by atoms with van der Waals surface area (Å²) < 4.78 is 20.1. The van der Waals surface area contributed by atoms with E-state index in [2.05, 4.69) is 31.2 Å². The third-order valence-electron chi connectivity index (χ3n) is 6.15. The van der Waals surface area contributed by atoms with Crippen LogP contribution in [0.4, 0.5) is 4.39 Å². The van der Waals surface area contributed by atoms with Crippen molar-refractivity contribution in [1.82, 2.24) is 4.98 Å². The Bertz CT molecular complexity index is 1040. The molecule has 0 fully saturated rings. The summed E-state index contributed by atoms with van der Waals surface area (Å²) in [6.07, 6.45) is 9.38. The number of aromatic nitrogens is 1. The van der Waals surface area contributed by atoms with Gasteiger partial charge in [0.2, 0.25) is 5.67 Å². The minimum atomic E-state index is -1.98. The van der Waals surface area contributed by atoms with E-state index in [0.29, 0.717) is 12.2 Å². The Hall–Kier alpha value is -3.01. The molecule has 1 heterocycles. The van der Waals surface area contributed by atoms with Gasteiger partial charge in [0, 0.05) is 11.8 Å². The molecule has 0 aliphatic heterocycles. The number of nitrogens with zero attached hydrogens (tertiary/aromatic N) is 1. The SMILES string of the molecule is CCCCCc1ccc(-c2ccccc2-c2ccc(OC(=O)C(C)(F)CCCCC)cc2)nc1. The summed E-state index contributed by atoms with van der Waals surface area (Å²) in [6, 6.07) is 19.6. The highest BCUT2D eigenvalue weighted by atomic mass is 19.1. The van der Waals surface area contributed by atoms with Crippen molar-refractivity contribution in [2.24, 2.45) is 0 Å². The highest BCUT2D eigenvalue weighted by Gasteiger charge is 2.34. The van der Waals surface area contributed by atoms with Gasteiger partial charge in [0.1, 0.15) is 5.75 Å². The average molecular weight is 462 g/mol. The fourth-order valence-electron chi connectivity index (χ4n) is 3.99. The topological polar surface area (TPSA) is 39.2 Å². The van der Waals surface area contributed by atoms with Gasteiger partial charge in [0.15, 0.2) is 0 Å². The number of halogens is 1. The lowest BCUT2D eigenvalue weighted by atomic mass is 9.97. The molecule has 180 valence electrons. The maximum atomic E-state index is 14.7. The molecule has 0 bridgehead atoms. The first-order valence-corrected chi connectivity index (χ1v) is 12.5. The molecule has 0 aliphatic rings. The van der Waals surface area contributed by atoms with Gasteiger partial charge in [-0.05, 0) is 67.5 Å². The van der Waals surface area contributed by atoms with E-state index in [1.807, 2.05) is 37.4 Å². The maximum Gasteiger partial charge on any atom is 0.348 e. The predicted molar refractivity (Wildman–Crippen MR) is 138 cm³/mol. The van der Waals surface area contributed by atoms with Crippen LogP contribution in [0.1, 0.15) is 71.3 Å². The maximum absolute atomic E-state index is 14.7. The Morgan fingerprint density at radius 1 is 0.882 bits per heavy atom. The lowest BCUT2D eigenvalue weighted by Crippen LogP contribution is -2.34. The van der Waals surface area contributed by atoms with Gasteiger partial charge in [-0.25, -0.2) is 9.18 Å². The minimum absolute atomic E-state index is 0.176. The number of carbonyl (C=O) groups is 1. The number of aryl methyl sites for hydroxylation is 1. The van der Waals surface area contributed by atoms with E-state index in [0.717, 1.165) is 41.6 Å². The summed E-state index contributed by atoms with van der Waals surface area (Å²) in [6.45, 7) is 5.56. The molecule has 3 nitrogen and oxygen atoms in total. The third-order valence-corrected chi connectivity index (χ3v) is 6.15. The summed E-state index contributed by atoms with van der Waals surface area (Å²) in [5.74, 6) is -0.486. The van der Waals surface area contributed by atoms with Crippen LogP contribution in [-0.2, 0) is 11.2 Å². The van der Waals surface area contributed by atoms with Crippen LogP contribution in [0.5, 0.6) is 5.75 Å². The fourth-order valence-corrected chi connectivity index (χ4v) is 3.99. The molecule has 0 radical (unpaired) electrons. The summed E-state index contributed by atoms with van der Waals surface area (Å²) in [5, 5.41) is 0. The average Bonchev–Trinajstić information content (AvgIpc) is 2.85. The molecule has 0 saturated carbocycles. The van der Waals surface area contributed by atoms with Crippen LogP contribution in [0, 0.1) is 0 Å². The molecule has 1 atom stereocenters. The molecule has 0 N–H and O–H groups in total. The van der Waals surface area contributed by atoms with Crippen LogP contribution in [0.2, 0.25) is 0 Å². The number of hydrogen-bond acceptors (Lipinski definition) is 3. The minimum Gasteiger partial charge on any atom is -0.424 e. The molecule has 4 heteroatoms. The zero-order chi connectivity index (χ0) is 24.4. The molecule has 3 rings (SSSR count). The third kappa shape index (κ3) is 6.99. The number of alkyl halides is 1. The fraction of sp³-hybridized carbons (Fsp3) is 0.400. The van der Waals surface area contributed by atoms with Crippen molar-refractivity contribution >= 4 is 5.97 Å². The normalized spacial score (nSPS) is 12.8. The largest absolute Gasteiger partial charge is 0.424 e. The summed E-state index contributed by atoms with van der Waals surface area (Å²) in [7, 11) is 0. The number of pyridine rings is 1. The van der Waals surface area contributed by atoms with Crippen molar-refractivity contribution in [2.75, 3.05) is 0 Å². The van der Waals surface area contributed by atoms with Gasteiger partial charge in [-0.2, -0.15) is 0 Å². The van der Waals surface area contributed by atoms with Gasteiger partial charge in [0.05, 0.1) is 5.69 Å². The van der Waals surface area contributed by atoms with E-state index < -0.39 is 11.6 Å². The van der Waals surface area contributed by atoms with Crippen molar-refractivity contribution in [1.29, 1.82) is 0 Å². The van der Waals surface area contributed by atoms with Gasteiger partial charge in [-0.1, -0.05) is 82.0 Å². The van der Waals surface area contributed by atoms with Crippen LogP contribution in [0.15, 0.2) is 66.9 Å². The highest BCUT2D eigenvalue weighted by molar-refractivity contribution is 5.83. The van der Waals surface area contributed by atoms with Crippen molar-refractivity contribution in [3.63, 3.8) is 0 Å². The molecule has 0 amide bonds.